The topological polar surface area (TPSA) is 103 Å². The first-order valence-electron chi connectivity index (χ1n) is 8.36. The lowest BCUT2D eigenvalue weighted by molar-refractivity contribution is -0.113. The number of methoxy groups -OCH3 is 1. The number of hydrogen-bond donors (Lipinski definition) is 3. The van der Waals surface area contributed by atoms with Crippen molar-refractivity contribution in [3.63, 3.8) is 0 Å². The van der Waals surface area contributed by atoms with Gasteiger partial charge in [0.1, 0.15) is 5.75 Å². The SMILES string of the molecule is COc1cc(Cl)ccc1NC(=O)C1=C(C)NC(=O)N[C@@H]1c1ccc(C#N)cc1. The van der Waals surface area contributed by atoms with Gasteiger partial charge in [-0.1, -0.05) is 23.7 Å². The van der Waals surface area contributed by atoms with Crippen LogP contribution in [0.4, 0.5) is 10.5 Å². The average Bonchev–Trinajstić information content (AvgIpc) is 2.68. The molecule has 2 aromatic carbocycles. The lowest BCUT2D eigenvalue weighted by atomic mass is 9.94. The Morgan fingerprint density at radius 2 is 1.96 bits per heavy atom. The maximum atomic E-state index is 13.0. The summed E-state index contributed by atoms with van der Waals surface area (Å²) in [6, 6.07) is 12.5. The van der Waals surface area contributed by atoms with Crippen LogP contribution in [0.2, 0.25) is 5.02 Å². The molecule has 0 unspecified atom stereocenters. The first-order chi connectivity index (χ1) is 13.4. The van der Waals surface area contributed by atoms with Crippen LogP contribution >= 0.6 is 11.6 Å². The van der Waals surface area contributed by atoms with Gasteiger partial charge in [0, 0.05) is 16.8 Å². The zero-order valence-corrected chi connectivity index (χ0v) is 15.9. The summed E-state index contributed by atoms with van der Waals surface area (Å²) in [6.45, 7) is 1.66. The van der Waals surface area contributed by atoms with Crippen LogP contribution in [-0.4, -0.2) is 19.0 Å². The lowest BCUT2D eigenvalue weighted by Crippen LogP contribution is -2.46. The third-order valence-electron chi connectivity index (χ3n) is 4.30. The molecule has 0 aliphatic carbocycles. The van der Waals surface area contributed by atoms with E-state index in [1.807, 2.05) is 6.07 Å². The predicted molar refractivity (Wildman–Crippen MR) is 105 cm³/mol. The first kappa shape index (κ1) is 19.3. The van der Waals surface area contributed by atoms with Crippen molar-refractivity contribution in [3.8, 4) is 11.8 Å². The lowest BCUT2D eigenvalue weighted by Gasteiger charge is -2.28. The quantitative estimate of drug-likeness (QED) is 0.735. The van der Waals surface area contributed by atoms with Crippen LogP contribution in [0.15, 0.2) is 53.7 Å². The van der Waals surface area contributed by atoms with Gasteiger partial charge in [-0.25, -0.2) is 4.79 Å². The number of hydrogen-bond acceptors (Lipinski definition) is 4. The number of carbonyl (C=O) groups is 2. The second kappa shape index (κ2) is 8.03. The van der Waals surface area contributed by atoms with Gasteiger partial charge in [-0.2, -0.15) is 5.26 Å². The zero-order chi connectivity index (χ0) is 20.3. The molecule has 3 N–H and O–H groups in total. The Labute approximate surface area is 166 Å². The van der Waals surface area contributed by atoms with Gasteiger partial charge in [-0.15, -0.1) is 0 Å². The largest absolute Gasteiger partial charge is 0.495 e. The molecule has 3 amide bonds. The Morgan fingerprint density at radius 1 is 1.25 bits per heavy atom. The van der Waals surface area contributed by atoms with E-state index in [0.29, 0.717) is 38.9 Å². The summed E-state index contributed by atoms with van der Waals surface area (Å²) in [5, 5.41) is 17.6. The first-order valence-corrected chi connectivity index (χ1v) is 8.74. The van der Waals surface area contributed by atoms with E-state index in [-0.39, 0.29) is 0 Å². The monoisotopic (exact) mass is 396 g/mol. The summed E-state index contributed by atoms with van der Waals surface area (Å²) in [6.07, 6.45) is 0. The number of amides is 3. The fourth-order valence-corrected chi connectivity index (χ4v) is 3.12. The highest BCUT2D eigenvalue weighted by Gasteiger charge is 2.31. The van der Waals surface area contributed by atoms with E-state index in [9.17, 15) is 9.59 Å². The molecular weight excluding hydrogens is 380 g/mol. The number of allylic oxidation sites excluding steroid dienone is 1. The minimum atomic E-state index is -0.667. The van der Waals surface area contributed by atoms with Crippen molar-refractivity contribution >= 4 is 29.2 Å². The average molecular weight is 397 g/mol. The molecule has 1 aliphatic rings. The van der Waals surface area contributed by atoms with Gasteiger partial charge in [-0.05, 0) is 36.8 Å². The molecule has 2 aromatic rings. The van der Waals surface area contributed by atoms with Crippen LogP contribution in [0, 0.1) is 11.3 Å². The maximum Gasteiger partial charge on any atom is 0.319 e. The summed E-state index contributed by atoms with van der Waals surface area (Å²) in [5.74, 6) is 0.0156. The highest BCUT2D eigenvalue weighted by atomic mass is 35.5. The Kier molecular flexibility index (Phi) is 5.52. The number of urea groups is 1. The van der Waals surface area contributed by atoms with Crippen molar-refractivity contribution in [2.45, 2.75) is 13.0 Å². The molecule has 1 aliphatic heterocycles. The molecule has 28 heavy (non-hydrogen) atoms. The summed E-state index contributed by atoms with van der Waals surface area (Å²) in [4.78, 5) is 25.0. The molecule has 0 bridgehead atoms. The van der Waals surface area contributed by atoms with Gasteiger partial charge in [-0.3, -0.25) is 4.79 Å². The van der Waals surface area contributed by atoms with E-state index in [2.05, 4.69) is 16.0 Å². The Hall–Kier alpha value is -3.50. The minimum absolute atomic E-state index is 0.348. The third kappa shape index (κ3) is 3.92. The Morgan fingerprint density at radius 3 is 2.61 bits per heavy atom. The van der Waals surface area contributed by atoms with Crippen LogP contribution in [0.5, 0.6) is 5.75 Å². The second-order valence-corrected chi connectivity index (χ2v) is 6.54. The molecule has 0 fully saturated rings. The third-order valence-corrected chi connectivity index (χ3v) is 4.53. The molecule has 8 heteroatoms. The van der Waals surface area contributed by atoms with Crippen LogP contribution in [0.1, 0.15) is 24.1 Å². The fraction of sp³-hybridized carbons (Fsp3) is 0.150. The highest BCUT2D eigenvalue weighted by Crippen LogP contribution is 2.31. The number of nitrogens with zero attached hydrogens (tertiary/aromatic N) is 1. The van der Waals surface area contributed by atoms with Crippen LogP contribution in [0.25, 0.3) is 0 Å². The van der Waals surface area contributed by atoms with Gasteiger partial charge in [0.05, 0.1) is 36.0 Å². The molecule has 0 saturated heterocycles. The number of anilines is 1. The number of ether oxygens (including phenoxy) is 1. The van der Waals surface area contributed by atoms with E-state index in [4.69, 9.17) is 21.6 Å². The van der Waals surface area contributed by atoms with Crippen molar-refractivity contribution in [3.05, 3.63) is 69.9 Å². The molecule has 0 spiro atoms. The number of rotatable bonds is 4. The Bertz CT molecular complexity index is 1010. The van der Waals surface area contributed by atoms with Crippen molar-refractivity contribution in [2.75, 3.05) is 12.4 Å². The molecule has 1 heterocycles. The summed E-state index contributed by atoms with van der Waals surface area (Å²) < 4.78 is 5.26. The number of nitrogens with one attached hydrogen (secondary N) is 3. The van der Waals surface area contributed by atoms with Crippen LogP contribution in [-0.2, 0) is 4.79 Å². The highest BCUT2D eigenvalue weighted by molar-refractivity contribution is 6.30. The number of benzene rings is 2. The smallest absolute Gasteiger partial charge is 0.319 e. The molecule has 0 saturated carbocycles. The predicted octanol–water partition coefficient (Wildman–Crippen LogP) is 3.49. The molecule has 142 valence electrons. The van der Waals surface area contributed by atoms with Crippen LogP contribution < -0.4 is 20.7 Å². The second-order valence-electron chi connectivity index (χ2n) is 6.10. The summed E-state index contributed by atoms with van der Waals surface area (Å²) >= 11 is 5.97. The van der Waals surface area contributed by atoms with E-state index in [1.54, 1.807) is 49.4 Å². The molecule has 1 atom stereocenters. The maximum absolute atomic E-state index is 13.0. The molecule has 3 rings (SSSR count). The van der Waals surface area contributed by atoms with Crippen molar-refractivity contribution < 1.29 is 14.3 Å². The van der Waals surface area contributed by atoms with Crippen molar-refractivity contribution in [1.82, 2.24) is 10.6 Å². The minimum Gasteiger partial charge on any atom is -0.495 e. The summed E-state index contributed by atoms with van der Waals surface area (Å²) in [7, 11) is 1.48. The van der Waals surface area contributed by atoms with Gasteiger partial charge in [0.15, 0.2) is 0 Å². The van der Waals surface area contributed by atoms with Gasteiger partial charge in [0.2, 0.25) is 0 Å². The number of nitriles is 1. The zero-order valence-electron chi connectivity index (χ0n) is 15.2. The fourth-order valence-electron chi connectivity index (χ4n) is 2.95. The van der Waals surface area contributed by atoms with Crippen LogP contribution in [0.3, 0.4) is 0 Å². The number of halogens is 1. The van der Waals surface area contributed by atoms with Gasteiger partial charge >= 0.3 is 6.03 Å². The van der Waals surface area contributed by atoms with Gasteiger partial charge in [0.25, 0.3) is 5.91 Å². The van der Waals surface area contributed by atoms with Crippen molar-refractivity contribution in [2.24, 2.45) is 0 Å². The van der Waals surface area contributed by atoms with E-state index < -0.39 is 18.0 Å². The molecule has 0 radical (unpaired) electrons. The van der Waals surface area contributed by atoms with Gasteiger partial charge < -0.3 is 20.7 Å². The van der Waals surface area contributed by atoms with E-state index in [0.717, 1.165) is 0 Å². The normalized spacial score (nSPS) is 15.9. The van der Waals surface area contributed by atoms with E-state index >= 15 is 0 Å². The van der Waals surface area contributed by atoms with E-state index in [1.165, 1.54) is 7.11 Å². The standard InChI is InChI=1S/C20H17ClN4O3/c1-11-17(19(26)24-15-8-7-14(21)9-16(15)28-2)18(25-20(27)23-11)13-5-3-12(10-22)4-6-13/h3-9,18H,1-2H3,(H,24,26)(H2,23,25,27)/t18-/m1/s1. The molecule has 0 aromatic heterocycles. The number of carbonyl (C=O) groups excluding carboxylic acids is 2. The van der Waals surface area contributed by atoms with Crippen molar-refractivity contribution in [1.29, 1.82) is 5.26 Å². The summed E-state index contributed by atoms with van der Waals surface area (Å²) in [5.41, 5.74) is 2.40. The Balaban J connectivity index is 1.96. The molecule has 7 nitrogen and oxygen atoms in total. The molecular formula is C20H17ClN4O3.